The normalized spacial score (nSPS) is 14.4. The first-order valence-electron chi connectivity index (χ1n) is 5.13. The zero-order valence-corrected chi connectivity index (χ0v) is 10.7. The number of benzene rings is 1. The van der Waals surface area contributed by atoms with E-state index < -0.39 is 0 Å². The fourth-order valence-electron chi connectivity index (χ4n) is 2.23. The zero-order valence-electron chi connectivity index (χ0n) is 8.36. The Hall–Kier alpha value is -0.670. The van der Waals surface area contributed by atoms with Crippen LogP contribution >= 0.6 is 27.5 Å². The van der Waals surface area contributed by atoms with E-state index in [4.69, 9.17) is 11.6 Å². The molecular formula is C12H8BrClFN. The summed E-state index contributed by atoms with van der Waals surface area (Å²) < 4.78 is 14.4. The van der Waals surface area contributed by atoms with Crippen molar-refractivity contribution in [3.63, 3.8) is 0 Å². The molecule has 1 heterocycles. The van der Waals surface area contributed by atoms with E-state index in [0.29, 0.717) is 20.4 Å². The lowest BCUT2D eigenvalue weighted by Gasteiger charge is -2.07. The van der Waals surface area contributed by atoms with E-state index in [9.17, 15) is 4.39 Å². The number of halogens is 3. The summed E-state index contributed by atoms with van der Waals surface area (Å²) >= 11 is 9.58. The molecule has 3 rings (SSSR count). The molecule has 0 radical (unpaired) electrons. The molecule has 0 amide bonds. The van der Waals surface area contributed by atoms with Gasteiger partial charge < -0.3 is 0 Å². The van der Waals surface area contributed by atoms with Gasteiger partial charge in [-0.1, -0.05) is 27.5 Å². The van der Waals surface area contributed by atoms with Gasteiger partial charge in [-0.05, 0) is 37.0 Å². The molecule has 0 saturated carbocycles. The van der Waals surface area contributed by atoms with Gasteiger partial charge in [0.15, 0.2) is 5.82 Å². The maximum Gasteiger partial charge on any atom is 0.150 e. The van der Waals surface area contributed by atoms with Crippen LogP contribution in [-0.2, 0) is 12.8 Å². The Morgan fingerprint density at radius 2 is 2.12 bits per heavy atom. The molecular weight excluding hydrogens is 292 g/mol. The van der Waals surface area contributed by atoms with E-state index in [1.54, 1.807) is 0 Å². The molecule has 1 nitrogen and oxygen atoms in total. The van der Waals surface area contributed by atoms with Crippen molar-refractivity contribution in [3.8, 4) is 0 Å². The number of aromatic nitrogens is 1. The van der Waals surface area contributed by atoms with Crippen molar-refractivity contribution >= 4 is 38.4 Å². The SMILES string of the molecule is Fc1cc(Br)cc2c(Cl)c3c(nc12)CCC3. The van der Waals surface area contributed by atoms with Crippen molar-refractivity contribution in [2.24, 2.45) is 0 Å². The molecule has 16 heavy (non-hydrogen) atoms. The minimum absolute atomic E-state index is 0.319. The van der Waals surface area contributed by atoms with E-state index in [2.05, 4.69) is 20.9 Å². The van der Waals surface area contributed by atoms with Crippen LogP contribution in [0.2, 0.25) is 5.02 Å². The van der Waals surface area contributed by atoms with Crippen molar-refractivity contribution in [1.82, 2.24) is 4.98 Å². The molecule has 0 saturated heterocycles. The van der Waals surface area contributed by atoms with Crippen LogP contribution in [0.1, 0.15) is 17.7 Å². The average Bonchev–Trinajstić information content (AvgIpc) is 2.68. The highest BCUT2D eigenvalue weighted by atomic mass is 79.9. The highest BCUT2D eigenvalue weighted by Gasteiger charge is 2.20. The number of hydrogen-bond donors (Lipinski definition) is 0. The molecule has 4 heteroatoms. The lowest BCUT2D eigenvalue weighted by atomic mass is 10.1. The summed E-state index contributed by atoms with van der Waals surface area (Å²) in [6, 6.07) is 3.25. The number of hydrogen-bond acceptors (Lipinski definition) is 1. The van der Waals surface area contributed by atoms with E-state index >= 15 is 0 Å². The van der Waals surface area contributed by atoms with Crippen LogP contribution in [0.3, 0.4) is 0 Å². The van der Waals surface area contributed by atoms with Gasteiger partial charge in [-0.25, -0.2) is 9.37 Å². The molecule has 1 aliphatic rings. The highest BCUT2D eigenvalue weighted by molar-refractivity contribution is 9.10. The fourth-order valence-corrected chi connectivity index (χ4v) is 3.01. The smallest absolute Gasteiger partial charge is 0.150 e. The van der Waals surface area contributed by atoms with E-state index in [0.717, 1.165) is 30.5 Å². The molecule has 1 aromatic carbocycles. The summed E-state index contributed by atoms with van der Waals surface area (Å²) in [5, 5.41) is 1.37. The van der Waals surface area contributed by atoms with Gasteiger partial charge in [-0.15, -0.1) is 0 Å². The van der Waals surface area contributed by atoms with Crippen LogP contribution in [0.25, 0.3) is 10.9 Å². The maximum absolute atomic E-state index is 13.7. The number of rotatable bonds is 0. The summed E-state index contributed by atoms with van der Waals surface area (Å²) in [6.07, 6.45) is 2.91. The second-order valence-corrected chi connectivity index (χ2v) is 5.28. The summed E-state index contributed by atoms with van der Waals surface area (Å²) in [7, 11) is 0. The van der Waals surface area contributed by atoms with Crippen LogP contribution in [0, 0.1) is 5.82 Å². The molecule has 82 valence electrons. The largest absolute Gasteiger partial charge is 0.249 e. The first kappa shape index (κ1) is 10.5. The second kappa shape index (κ2) is 3.67. The number of pyridine rings is 1. The van der Waals surface area contributed by atoms with Crippen LogP contribution in [0.5, 0.6) is 0 Å². The third-order valence-electron chi connectivity index (χ3n) is 2.97. The van der Waals surface area contributed by atoms with Crippen molar-refractivity contribution in [3.05, 3.63) is 38.7 Å². The highest BCUT2D eigenvalue weighted by Crippen LogP contribution is 2.35. The van der Waals surface area contributed by atoms with E-state index in [1.807, 2.05) is 6.07 Å². The summed E-state index contributed by atoms with van der Waals surface area (Å²) in [5.41, 5.74) is 2.43. The molecule has 0 fully saturated rings. The Balaban J connectivity index is 2.46. The van der Waals surface area contributed by atoms with Gasteiger partial charge in [0.1, 0.15) is 5.52 Å². The van der Waals surface area contributed by atoms with Gasteiger partial charge in [-0.3, -0.25) is 0 Å². The van der Waals surface area contributed by atoms with Crippen molar-refractivity contribution < 1.29 is 4.39 Å². The molecule has 0 unspecified atom stereocenters. The van der Waals surface area contributed by atoms with Crippen LogP contribution in [0.4, 0.5) is 4.39 Å². The Morgan fingerprint density at radius 1 is 1.31 bits per heavy atom. The van der Waals surface area contributed by atoms with Crippen LogP contribution in [-0.4, -0.2) is 4.98 Å². The minimum atomic E-state index is -0.319. The summed E-state index contributed by atoms with van der Waals surface area (Å²) in [6.45, 7) is 0. The lowest BCUT2D eigenvalue weighted by molar-refractivity contribution is 0.635. The second-order valence-electron chi connectivity index (χ2n) is 3.99. The van der Waals surface area contributed by atoms with Gasteiger partial charge in [0.2, 0.25) is 0 Å². The maximum atomic E-state index is 13.7. The number of aryl methyl sites for hydroxylation is 1. The lowest BCUT2D eigenvalue weighted by Crippen LogP contribution is -1.94. The molecule has 0 bridgehead atoms. The van der Waals surface area contributed by atoms with Gasteiger partial charge in [0.05, 0.1) is 5.02 Å². The van der Waals surface area contributed by atoms with Crippen molar-refractivity contribution in [2.75, 3.05) is 0 Å². The zero-order chi connectivity index (χ0) is 11.3. The van der Waals surface area contributed by atoms with E-state index in [1.165, 1.54) is 6.07 Å². The van der Waals surface area contributed by atoms with Crippen molar-refractivity contribution in [2.45, 2.75) is 19.3 Å². The Morgan fingerprint density at radius 3 is 2.94 bits per heavy atom. The standard InChI is InChI=1S/C12H8BrClFN/c13-6-4-8-11(14)7-2-1-3-10(7)16-12(8)9(15)5-6/h4-5H,1-3H2. The molecule has 2 aromatic rings. The third kappa shape index (κ3) is 1.45. The monoisotopic (exact) mass is 299 g/mol. The Bertz CT molecular complexity index is 597. The molecule has 0 N–H and O–H groups in total. The summed E-state index contributed by atoms with van der Waals surface area (Å²) in [5.74, 6) is -0.319. The molecule has 0 aliphatic heterocycles. The topological polar surface area (TPSA) is 12.9 Å². The van der Waals surface area contributed by atoms with Crippen LogP contribution < -0.4 is 0 Å². The average molecular weight is 301 g/mol. The Kier molecular flexibility index (Phi) is 2.41. The predicted octanol–water partition coefficient (Wildman–Crippen LogP) is 4.28. The molecule has 0 atom stereocenters. The van der Waals surface area contributed by atoms with Crippen LogP contribution in [0.15, 0.2) is 16.6 Å². The molecule has 1 aromatic heterocycles. The van der Waals surface area contributed by atoms with Gasteiger partial charge in [-0.2, -0.15) is 0 Å². The molecule has 0 spiro atoms. The number of fused-ring (bicyclic) bond motifs is 2. The minimum Gasteiger partial charge on any atom is -0.249 e. The quantitative estimate of drug-likeness (QED) is 0.708. The van der Waals surface area contributed by atoms with Crippen molar-refractivity contribution in [1.29, 1.82) is 0 Å². The van der Waals surface area contributed by atoms with Gasteiger partial charge in [0, 0.05) is 15.6 Å². The Labute approximate surface area is 106 Å². The third-order valence-corrected chi connectivity index (χ3v) is 3.85. The predicted molar refractivity (Wildman–Crippen MR) is 66.4 cm³/mol. The van der Waals surface area contributed by atoms with E-state index in [-0.39, 0.29) is 5.82 Å². The van der Waals surface area contributed by atoms with Gasteiger partial charge >= 0.3 is 0 Å². The first-order valence-corrected chi connectivity index (χ1v) is 6.30. The molecule has 1 aliphatic carbocycles. The number of nitrogens with zero attached hydrogens (tertiary/aromatic N) is 1. The van der Waals surface area contributed by atoms with Gasteiger partial charge in [0.25, 0.3) is 0 Å². The summed E-state index contributed by atoms with van der Waals surface area (Å²) in [4.78, 5) is 4.38. The fraction of sp³-hybridized carbons (Fsp3) is 0.250. The first-order chi connectivity index (χ1) is 7.66.